The molecule has 4 rings (SSSR count). The molecule has 30 heavy (non-hydrogen) atoms. The van der Waals surface area contributed by atoms with Gasteiger partial charge in [0.05, 0.1) is 5.69 Å². The number of nitrogens with zero attached hydrogens (tertiary/aromatic N) is 3. The number of anilines is 1. The highest BCUT2D eigenvalue weighted by atomic mass is 32.1. The first kappa shape index (κ1) is 20.0. The van der Waals surface area contributed by atoms with Crippen molar-refractivity contribution in [2.45, 2.75) is 27.2 Å². The fraction of sp³-hybridized carbons (Fsp3) is 0.273. The summed E-state index contributed by atoms with van der Waals surface area (Å²) in [6.45, 7) is 6.15. The Morgan fingerprint density at radius 3 is 2.80 bits per heavy atom. The predicted molar refractivity (Wildman–Crippen MR) is 120 cm³/mol. The van der Waals surface area contributed by atoms with Gasteiger partial charge in [-0.2, -0.15) is 4.98 Å². The topological polar surface area (TPSA) is 92.7 Å². The van der Waals surface area contributed by atoms with Gasteiger partial charge in [-0.3, -0.25) is 10.1 Å². The van der Waals surface area contributed by atoms with E-state index in [0.717, 1.165) is 27.9 Å². The average molecular weight is 422 g/mol. The van der Waals surface area contributed by atoms with Crippen LogP contribution in [-0.4, -0.2) is 25.4 Å². The maximum Gasteiger partial charge on any atom is 0.345 e. The number of amides is 1. The van der Waals surface area contributed by atoms with E-state index in [4.69, 9.17) is 0 Å². The number of para-hydroxylation sites is 1. The van der Waals surface area contributed by atoms with Gasteiger partial charge in [-0.25, -0.2) is 9.78 Å². The van der Waals surface area contributed by atoms with E-state index >= 15 is 0 Å². The number of rotatable bonds is 5. The van der Waals surface area contributed by atoms with Crippen molar-refractivity contribution >= 4 is 33.3 Å². The molecule has 0 radical (unpaired) electrons. The highest BCUT2D eigenvalue weighted by molar-refractivity contribution is 7.14. The van der Waals surface area contributed by atoms with Crippen LogP contribution in [0.2, 0.25) is 0 Å². The predicted octanol–water partition coefficient (Wildman–Crippen LogP) is 4.14. The molecule has 2 N–H and O–H groups in total. The second-order valence-electron chi connectivity index (χ2n) is 7.72. The minimum atomic E-state index is -0.524. The molecule has 0 aliphatic rings. The van der Waals surface area contributed by atoms with Crippen molar-refractivity contribution in [1.82, 2.24) is 19.5 Å². The molecule has 3 heterocycles. The Kier molecular flexibility index (Phi) is 5.26. The van der Waals surface area contributed by atoms with Gasteiger partial charge in [0.2, 0.25) is 0 Å². The molecule has 0 bridgehead atoms. The van der Waals surface area contributed by atoms with E-state index in [1.54, 1.807) is 6.07 Å². The SMILES string of the molecule is Cc1c(-c2csc(NC(=O)c3cc(CC(C)C)[nH]c(=O)n3)n2)c2ccccc2n1C. The van der Waals surface area contributed by atoms with Gasteiger partial charge in [-0.15, -0.1) is 11.3 Å². The van der Waals surface area contributed by atoms with Crippen LogP contribution >= 0.6 is 11.3 Å². The molecule has 0 atom stereocenters. The van der Waals surface area contributed by atoms with Crippen LogP contribution in [0.1, 0.15) is 35.7 Å². The Morgan fingerprint density at radius 2 is 2.03 bits per heavy atom. The first-order chi connectivity index (χ1) is 14.3. The quantitative estimate of drug-likeness (QED) is 0.506. The molecule has 1 aromatic carbocycles. The number of aromatic nitrogens is 4. The standard InChI is InChI=1S/C22H23N5O2S/c1-12(2)9-14-10-16(24-21(29)23-14)20(28)26-22-25-17(11-30-22)19-13(3)27(4)18-8-6-5-7-15(18)19/h5-8,10-12H,9H2,1-4H3,(H,23,24,29)(H,25,26,28). The van der Waals surface area contributed by atoms with Crippen molar-refractivity contribution in [3.8, 4) is 11.3 Å². The molecule has 4 aromatic rings. The summed E-state index contributed by atoms with van der Waals surface area (Å²) >= 11 is 1.35. The van der Waals surface area contributed by atoms with Crippen LogP contribution in [0.4, 0.5) is 5.13 Å². The Balaban J connectivity index is 1.62. The van der Waals surface area contributed by atoms with E-state index in [-0.39, 0.29) is 5.69 Å². The number of nitrogens with one attached hydrogen (secondary N) is 2. The summed E-state index contributed by atoms with van der Waals surface area (Å²) < 4.78 is 2.14. The van der Waals surface area contributed by atoms with E-state index in [2.05, 4.69) is 43.9 Å². The van der Waals surface area contributed by atoms with Gasteiger partial charge in [0, 0.05) is 40.3 Å². The number of aryl methyl sites for hydroxylation is 1. The van der Waals surface area contributed by atoms with Crippen molar-refractivity contribution in [1.29, 1.82) is 0 Å². The Morgan fingerprint density at radius 1 is 1.27 bits per heavy atom. The molecule has 0 spiro atoms. The van der Waals surface area contributed by atoms with Gasteiger partial charge >= 0.3 is 5.69 Å². The normalized spacial score (nSPS) is 11.4. The lowest BCUT2D eigenvalue weighted by atomic mass is 10.1. The van der Waals surface area contributed by atoms with Gasteiger partial charge in [0.1, 0.15) is 5.69 Å². The molecule has 154 valence electrons. The van der Waals surface area contributed by atoms with Crippen molar-refractivity contribution in [2.75, 3.05) is 5.32 Å². The first-order valence-corrected chi connectivity index (χ1v) is 10.6. The maximum atomic E-state index is 12.7. The van der Waals surface area contributed by atoms with Crippen LogP contribution in [0.15, 0.2) is 40.5 Å². The molecule has 0 unspecified atom stereocenters. The van der Waals surface area contributed by atoms with Gasteiger partial charge < -0.3 is 9.55 Å². The average Bonchev–Trinajstić information content (AvgIpc) is 3.24. The third-order valence-electron chi connectivity index (χ3n) is 5.04. The monoisotopic (exact) mass is 421 g/mol. The number of hydrogen-bond acceptors (Lipinski definition) is 5. The zero-order chi connectivity index (χ0) is 21.4. The van der Waals surface area contributed by atoms with E-state index in [9.17, 15) is 9.59 Å². The zero-order valence-corrected chi connectivity index (χ0v) is 18.1. The molecular weight excluding hydrogens is 398 g/mol. The summed E-state index contributed by atoms with van der Waals surface area (Å²) in [5.41, 5.74) is 4.36. The molecule has 0 saturated heterocycles. The van der Waals surface area contributed by atoms with Gasteiger partial charge in [0.15, 0.2) is 5.13 Å². The third kappa shape index (κ3) is 3.78. The molecule has 0 fully saturated rings. The molecule has 0 aliphatic carbocycles. The molecular formula is C22H23N5O2S. The summed E-state index contributed by atoms with van der Waals surface area (Å²) in [5.74, 6) is -0.0916. The number of thiazole rings is 1. The van der Waals surface area contributed by atoms with Crippen molar-refractivity contribution in [3.63, 3.8) is 0 Å². The summed E-state index contributed by atoms with van der Waals surface area (Å²) in [6.07, 6.45) is 0.666. The minimum Gasteiger partial charge on any atom is -0.347 e. The largest absolute Gasteiger partial charge is 0.347 e. The van der Waals surface area contributed by atoms with Crippen LogP contribution < -0.4 is 11.0 Å². The third-order valence-corrected chi connectivity index (χ3v) is 5.80. The summed E-state index contributed by atoms with van der Waals surface area (Å²) in [4.78, 5) is 35.6. The van der Waals surface area contributed by atoms with Crippen LogP contribution in [-0.2, 0) is 13.5 Å². The smallest absolute Gasteiger partial charge is 0.345 e. The van der Waals surface area contributed by atoms with E-state index < -0.39 is 11.6 Å². The number of carbonyl (C=O) groups excluding carboxylic acids is 1. The van der Waals surface area contributed by atoms with Crippen LogP contribution in [0.25, 0.3) is 22.2 Å². The number of aromatic amines is 1. The lowest BCUT2D eigenvalue weighted by molar-refractivity contribution is 0.102. The lowest BCUT2D eigenvalue weighted by Crippen LogP contribution is -2.22. The Bertz CT molecular complexity index is 1300. The summed E-state index contributed by atoms with van der Waals surface area (Å²) in [5, 5.41) is 6.30. The molecule has 7 nitrogen and oxygen atoms in total. The fourth-order valence-electron chi connectivity index (χ4n) is 3.63. The minimum absolute atomic E-state index is 0.0903. The highest BCUT2D eigenvalue weighted by Crippen LogP contribution is 2.35. The Labute approximate surface area is 177 Å². The maximum absolute atomic E-state index is 12.7. The second kappa shape index (κ2) is 7.87. The van der Waals surface area contributed by atoms with E-state index in [1.807, 2.05) is 38.4 Å². The number of fused-ring (bicyclic) bond motifs is 1. The fourth-order valence-corrected chi connectivity index (χ4v) is 4.32. The van der Waals surface area contributed by atoms with Gasteiger partial charge in [-0.05, 0) is 31.4 Å². The zero-order valence-electron chi connectivity index (χ0n) is 17.3. The number of H-pyrrole nitrogens is 1. The molecule has 0 aliphatic heterocycles. The van der Waals surface area contributed by atoms with Crippen LogP contribution in [0, 0.1) is 12.8 Å². The number of benzene rings is 1. The van der Waals surface area contributed by atoms with Crippen molar-refractivity contribution in [3.05, 3.63) is 63.3 Å². The summed E-state index contributed by atoms with van der Waals surface area (Å²) in [6, 6.07) is 9.80. The molecule has 1 amide bonds. The molecule has 8 heteroatoms. The van der Waals surface area contributed by atoms with Crippen molar-refractivity contribution < 1.29 is 4.79 Å². The number of carbonyl (C=O) groups is 1. The lowest BCUT2D eigenvalue weighted by Gasteiger charge is -2.06. The molecule has 3 aromatic heterocycles. The van der Waals surface area contributed by atoms with E-state index in [0.29, 0.717) is 23.2 Å². The first-order valence-electron chi connectivity index (χ1n) is 9.75. The van der Waals surface area contributed by atoms with Crippen LogP contribution in [0.5, 0.6) is 0 Å². The van der Waals surface area contributed by atoms with Gasteiger partial charge in [-0.1, -0.05) is 32.0 Å². The van der Waals surface area contributed by atoms with E-state index in [1.165, 1.54) is 11.3 Å². The van der Waals surface area contributed by atoms with Gasteiger partial charge in [0.25, 0.3) is 5.91 Å². The van der Waals surface area contributed by atoms with Crippen molar-refractivity contribution in [2.24, 2.45) is 13.0 Å². The second-order valence-corrected chi connectivity index (χ2v) is 8.58. The molecule has 0 saturated carbocycles. The highest BCUT2D eigenvalue weighted by Gasteiger charge is 2.18. The summed E-state index contributed by atoms with van der Waals surface area (Å²) in [7, 11) is 2.03. The van der Waals surface area contributed by atoms with Crippen LogP contribution in [0.3, 0.4) is 0 Å². The number of hydrogen-bond donors (Lipinski definition) is 2. The Hall–Kier alpha value is -3.26.